The Morgan fingerprint density at radius 1 is 1.25 bits per heavy atom. The zero-order valence-electron chi connectivity index (χ0n) is 12.6. The van der Waals surface area contributed by atoms with Gasteiger partial charge in [0, 0.05) is 5.41 Å². The van der Waals surface area contributed by atoms with Crippen molar-refractivity contribution in [3.8, 4) is 5.75 Å². The maximum atomic E-state index is 12.1. The number of quaternary nitrogens is 1. The lowest BCUT2D eigenvalue weighted by Crippen LogP contribution is -3.15. The molecule has 0 amide bonds. The van der Waals surface area contributed by atoms with Crippen LogP contribution in [0.1, 0.15) is 20.8 Å². The summed E-state index contributed by atoms with van der Waals surface area (Å²) in [6, 6.07) is 7.44. The molecule has 0 unspecified atom stereocenters. The van der Waals surface area contributed by atoms with Crippen molar-refractivity contribution >= 4 is 11.5 Å². The molecule has 0 aliphatic carbocycles. The molecule has 0 atom stereocenters. The predicted molar refractivity (Wildman–Crippen MR) is 80.3 cm³/mol. The molecule has 1 aliphatic heterocycles. The molecule has 0 aromatic heterocycles. The Balaban J connectivity index is 1.90. The number of nitrogens with one attached hydrogen (secondary N) is 1. The van der Waals surface area contributed by atoms with Crippen molar-refractivity contribution in [3.05, 3.63) is 24.3 Å². The van der Waals surface area contributed by atoms with E-state index >= 15 is 0 Å². The number of hydrogen-bond donors (Lipinski definition) is 2. The molecule has 20 heavy (non-hydrogen) atoms. The largest absolute Gasteiger partial charge is 0.506 e. The van der Waals surface area contributed by atoms with Gasteiger partial charge in [-0.15, -0.1) is 0 Å². The van der Waals surface area contributed by atoms with Gasteiger partial charge >= 0.3 is 0 Å². The average Bonchev–Trinajstić information content (AvgIpc) is 2.39. The number of carbonyl (C=O) groups is 1. The summed E-state index contributed by atoms with van der Waals surface area (Å²) < 4.78 is 0. The van der Waals surface area contributed by atoms with Gasteiger partial charge in [-0.25, -0.2) is 0 Å². The molecule has 1 heterocycles. The SMILES string of the molecule is CC(C)(C)C(=O)C[NH+]1CCN(c2ccccc2O)CC1. The summed E-state index contributed by atoms with van der Waals surface area (Å²) >= 11 is 0. The van der Waals surface area contributed by atoms with Crippen molar-refractivity contribution in [1.29, 1.82) is 0 Å². The van der Waals surface area contributed by atoms with Gasteiger partial charge in [0.25, 0.3) is 0 Å². The van der Waals surface area contributed by atoms with Crippen molar-refractivity contribution in [2.75, 3.05) is 37.6 Å². The van der Waals surface area contributed by atoms with Crippen molar-refractivity contribution in [2.24, 2.45) is 5.41 Å². The van der Waals surface area contributed by atoms with Crippen molar-refractivity contribution in [3.63, 3.8) is 0 Å². The van der Waals surface area contributed by atoms with E-state index in [1.165, 1.54) is 4.90 Å². The van der Waals surface area contributed by atoms with E-state index in [-0.39, 0.29) is 5.41 Å². The highest BCUT2D eigenvalue weighted by Gasteiger charge is 2.28. The second-order valence-corrected chi connectivity index (χ2v) is 6.58. The summed E-state index contributed by atoms with van der Waals surface area (Å²) in [4.78, 5) is 15.6. The molecule has 4 nitrogen and oxygen atoms in total. The lowest BCUT2D eigenvalue weighted by atomic mass is 9.90. The first-order valence-electron chi connectivity index (χ1n) is 7.28. The van der Waals surface area contributed by atoms with Gasteiger partial charge in [0.15, 0.2) is 5.78 Å². The van der Waals surface area contributed by atoms with Gasteiger partial charge in [-0.3, -0.25) is 4.79 Å². The number of rotatable bonds is 3. The minimum Gasteiger partial charge on any atom is -0.506 e. The number of carbonyl (C=O) groups excluding carboxylic acids is 1. The van der Waals surface area contributed by atoms with Gasteiger partial charge in [0.05, 0.1) is 31.9 Å². The van der Waals surface area contributed by atoms with Crippen LogP contribution in [0, 0.1) is 5.41 Å². The first-order chi connectivity index (χ1) is 9.38. The van der Waals surface area contributed by atoms with Crippen LogP contribution in [0.4, 0.5) is 5.69 Å². The van der Waals surface area contributed by atoms with Gasteiger partial charge < -0.3 is 14.9 Å². The molecule has 2 rings (SSSR count). The average molecular weight is 277 g/mol. The van der Waals surface area contributed by atoms with Gasteiger partial charge in [0.1, 0.15) is 12.3 Å². The zero-order valence-corrected chi connectivity index (χ0v) is 12.6. The summed E-state index contributed by atoms with van der Waals surface area (Å²) in [7, 11) is 0. The third kappa shape index (κ3) is 3.51. The number of phenols is 1. The minimum atomic E-state index is -0.248. The fraction of sp³-hybridized carbons (Fsp3) is 0.562. The standard InChI is InChI=1S/C16H24N2O2/c1-16(2,3)15(20)12-17-8-10-18(11-9-17)13-6-4-5-7-14(13)19/h4-7,19H,8-12H2,1-3H3/p+1. The number of aromatic hydroxyl groups is 1. The normalized spacial score (nSPS) is 17.2. The van der Waals surface area contributed by atoms with Crippen LogP contribution in [0.3, 0.4) is 0 Å². The van der Waals surface area contributed by atoms with E-state index in [9.17, 15) is 9.90 Å². The molecule has 0 bridgehead atoms. The Hall–Kier alpha value is -1.55. The van der Waals surface area contributed by atoms with Gasteiger partial charge in [0.2, 0.25) is 0 Å². The molecule has 110 valence electrons. The van der Waals surface area contributed by atoms with E-state index < -0.39 is 0 Å². The third-order valence-electron chi connectivity index (χ3n) is 3.94. The Bertz CT molecular complexity index is 472. The molecule has 1 fully saturated rings. The zero-order chi connectivity index (χ0) is 14.8. The first kappa shape index (κ1) is 14.9. The molecule has 1 aromatic carbocycles. The maximum Gasteiger partial charge on any atom is 0.192 e. The van der Waals surface area contributed by atoms with Crippen LogP contribution in [0.15, 0.2) is 24.3 Å². The van der Waals surface area contributed by atoms with E-state index in [1.54, 1.807) is 6.07 Å². The molecule has 1 aliphatic rings. The lowest BCUT2D eigenvalue weighted by Gasteiger charge is -2.34. The number of benzene rings is 1. The molecule has 1 saturated heterocycles. The number of anilines is 1. The summed E-state index contributed by atoms with van der Waals surface area (Å²) in [5, 5.41) is 9.88. The van der Waals surface area contributed by atoms with Gasteiger partial charge in [-0.2, -0.15) is 0 Å². The molecule has 2 N–H and O–H groups in total. The highest BCUT2D eigenvalue weighted by atomic mass is 16.3. The van der Waals surface area contributed by atoms with E-state index in [0.717, 1.165) is 31.9 Å². The number of Topliss-reactive ketones (excluding diaryl/α,β-unsaturated/α-hetero) is 1. The van der Waals surface area contributed by atoms with E-state index in [0.29, 0.717) is 18.1 Å². The smallest absolute Gasteiger partial charge is 0.192 e. The second-order valence-electron chi connectivity index (χ2n) is 6.58. The van der Waals surface area contributed by atoms with Crippen LogP contribution in [-0.2, 0) is 4.79 Å². The molecule has 1 aromatic rings. The number of para-hydroxylation sites is 2. The lowest BCUT2D eigenvalue weighted by molar-refractivity contribution is -0.892. The summed E-state index contributed by atoms with van der Waals surface area (Å²) in [6.45, 7) is 10.2. The number of phenolic OH excluding ortho intramolecular Hbond substituents is 1. The molecular weight excluding hydrogens is 252 g/mol. The maximum absolute atomic E-state index is 12.1. The van der Waals surface area contributed by atoms with Crippen LogP contribution in [0.5, 0.6) is 5.75 Å². The Morgan fingerprint density at radius 2 is 1.85 bits per heavy atom. The first-order valence-corrected chi connectivity index (χ1v) is 7.28. The molecular formula is C16H25N2O2+. The highest BCUT2D eigenvalue weighted by Crippen LogP contribution is 2.25. The van der Waals surface area contributed by atoms with E-state index in [1.807, 2.05) is 39.0 Å². The number of piperazine rings is 1. The third-order valence-corrected chi connectivity index (χ3v) is 3.94. The number of nitrogens with zero attached hydrogens (tertiary/aromatic N) is 1. The minimum absolute atomic E-state index is 0.248. The predicted octanol–water partition coefficient (Wildman–Crippen LogP) is 0.712. The van der Waals surface area contributed by atoms with Crippen LogP contribution < -0.4 is 9.80 Å². The van der Waals surface area contributed by atoms with Crippen LogP contribution in [-0.4, -0.2) is 43.6 Å². The Kier molecular flexibility index (Phi) is 4.33. The fourth-order valence-corrected chi connectivity index (χ4v) is 2.46. The second kappa shape index (κ2) is 5.83. The van der Waals surface area contributed by atoms with Crippen LogP contribution in [0.25, 0.3) is 0 Å². The summed E-state index contributed by atoms with van der Waals surface area (Å²) in [6.07, 6.45) is 0. The monoisotopic (exact) mass is 277 g/mol. The van der Waals surface area contributed by atoms with Gasteiger partial charge in [-0.1, -0.05) is 32.9 Å². The highest BCUT2D eigenvalue weighted by molar-refractivity contribution is 5.84. The van der Waals surface area contributed by atoms with Gasteiger partial charge in [-0.05, 0) is 12.1 Å². The van der Waals surface area contributed by atoms with Crippen LogP contribution in [0.2, 0.25) is 0 Å². The molecule has 4 heteroatoms. The molecule has 0 saturated carbocycles. The molecule has 0 radical (unpaired) electrons. The Labute approximate surface area is 121 Å². The molecule has 0 spiro atoms. The van der Waals surface area contributed by atoms with E-state index in [4.69, 9.17) is 0 Å². The van der Waals surface area contributed by atoms with Crippen molar-refractivity contribution < 1.29 is 14.8 Å². The quantitative estimate of drug-likeness (QED) is 0.855. The topological polar surface area (TPSA) is 45.0 Å². The fourth-order valence-electron chi connectivity index (χ4n) is 2.46. The van der Waals surface area contributed by atoms with Crippen LogP contribution >= 0.6 is 0 Å². The summed E-state index contributed by atoms with van der Waals surface area (Å²) in [5.41, 5.74) is 0.649. The number of hydrogen-bond acceptors (Lipinski definition) is 3. The number of ketones is 1. The summed E-state index contributed by atoms with van der Waals surface area (Å²) in [5.74, 6) is 0.658. The van der Waals surface area contributed by atoms with Crippen molar-refractivity contribution in [2.45, 2.75) is 20.8 Å². The van der Waals surface area contributed by atoms with Crippen molar-refractivity contribution in [1.82, 2.24) is 0 Å². The Morgan fingerprint density at radius 3 is 2.40 bits per heavy atom. The van der Waals surface area contributed by atoms with E-state index in [2.05, 4.69) is 4.90 Å².